The van der Waals surface area contributed by atoms with Gasteiger partial charge in [-0.2, -0.15) is 13.2 Å². The van der Waals surface area contributed by atoms with E-state index in [1.165, 1.54) is 6.07 Å². The minimum atomic E-state index is -4.35. The molecule has 124 valence electrons. The molecule has 1 aromatic rings. The predicted molar refractivity (Wildman–Crippen MR) is 81.1 cm³/mol. The Balaban J connectivity index is 0.00000242. The Morgan fingerprint density at radius 3 is 2.36 bits per heavy atom. The van der Waals surface area contributed by atoms with E-state index in [-0.39, 0.29) is 24.2 Å². The third kappa shape index (κ3) is 4.36. The van der Waals surface area contributed by atoms with Crippen LogP contribution in [0.15, 0.2) is 24.3 Å². The molecule has 0 aromatic heterocycles. The lowest BCUT2D eigenvalue weighted by atomic mass is 9.83. The van der Waals surface area contributed by atoms with Crippen molar-refractivity contribution in [2.24, 2.45) is 5.92 Å². The largest absolute Gasteiger partial charge is 0.416 e. The number of benzene rings is 1. The molecule has 1 aliphatic rings. The topological polar surface area (TPSA) is 41.1 Å². The summed E-state index contributed by atoms with van der Waals surface area (Å²) in [4.78, 5) is 11.8. The van der Waals surface area contributed by atoms with Crippen LogP contribution in [0.1, 0.15) is 25.0 Å². The van der Waals surface area contributed by atoms with Gasteiger partial charge in [0.15, 0.2) is 0 Å². The first-order valence-corrected chi connectivity index (χ1v) is 6.86. The molecule has 0 atom stereocenters. The molecule has 1 fully saturated rings. The second-order valence-corrected chi connectivity index (χ2v) is 6.04. The minimum Gasteiger partial charge on any atom is -0.355 e. The second-order valence-electron chi connectivity index (χ2n) is 6.04. The molecule has 0 spiro atoms. The fraction of sp³-hybridized carbons (Fsp3) is 0.533. The normalized spacial score (nSPS) is 15.7. The van der Waals surface area contributed by atoms with Gasteiger partial charge in [-0.05, 0) is 11.6 Å². The molecular formula is C15H20ClF3N2O. The molecule has 1 saturated heterocycles. The molecule has 0 saturated carbocycles. The van der Waals surface area contributed by atoms with E-state index in [9.17, 15) is 18.0 Å². The molecule has 7 heteroatoms. The third-order valence-electron chi connectivity index (χ3n) is 3.83. The fourth-order valence-corrected chi connectivity index (χ4v) is 2.15. The van der Waals surface area contributed by atoms with E-state index in [0.29, 0.717) is 25.2 Å². The lowest BCUT2D eigenvalue weighted by Gasteiger charge is -2.30. The molecule has 22 heavy (non-hydrogen) atoms. The van der Waals surface area contributed by atoms with Gasteiger partial charge < -0.3 is 10.6 Å². The summed E-state index contributed by atoms with van der Waals surface area (Å²) in [5, 5.41) is 5.83. The van der Waals surface area contributed by atoms with E-state index >= 15 is 0 Å². The van der Waals surface area contributed by atoms with Crippen molar-refractivity contribution >= 4 is 18.3 Å². The van der Waals surface area contributed by atoms with Crippen LogP contribution in [0.4, 0.5) is 13.2 Å². The van der Waals surface area contributed by atoms with Crippen LogP contribution in [0.2, 0.25) is 0 Å². The Kier molecular flexibility index (Phi) is 5.87. The number of rotatable bonds is 4. The molecule has 1 heterocycles. The summed E-state index contributed by atoms with van der Waals surface area (Å²) in [7, 11) is 0. The molecule has 0 aliphatic carbocycles. The third-order valence-corrected chi connectivity index (χ3v) is 3.83. The van der Waals surface area contributed by atoms with Crippen molar-refractivity contribution < 1.29 is 18.0 Å². The average Bonchev–Trinajstić information content (AvgIpc) is 2.34. The Labute approximate surface area is 134 Å². The van der Waals surface area contributed by atoms with E-state index in [2.05, 4.69) is 10.6 Å². The summed E-state index contributed by atoms with van der Waals surface area (Å²) in [5.41, 5.74) is -0.666. The van der Waals surface area contributed by atoms with Crippen molar-refractivity contribution in [3.8, 4) is 0 Å². The van der Waals surface area contributed by atoms with Crippen LogP contribution in [0.3, 0.4) is 0 Å². The average molecular weight is 337 g/mol. The van der Waals surface area contributed by atoms with E-state index in [4.69, 9.17) is 0 Å². The van der Waals surface area contributed by atoms with Gasteiger partial charge in [-0.3, -0.25) is 4.79 Å². The van der Waals surface area contributed by atoms with Crippen LogP contribution >= 0.6 is 12.4 Å². The van der Waals surface area contributed by atoms with Crippen LogP contribution < -0.4 is 10.6 Å². The van der Waals surface area contributed by atoms with E-state index < -0.39 is 17.2 Å². The summed E-state index contributed by atoms with van der Waals surface area (Å²) in [6.07, 6.45) is -4.35. The molecule has 1 aliphatic heterocycles. The van der Waals surface area contributed by atoms with Crippen LogP contribution in [0.25, 0.3) is 0 Å². The van der Waals surface area contributed by atoms with Crippen LogP contribution in [-0.4, -0.2) is 25.5 Å². The highest BCUT2D eigenvalue weighted by Gasteiger charge is 2.32. The molecule has 1 aromatic carbocycles. The van der Waals surface area contributed by atoms with Crippen molar-refractivity contribution in [2.45, 2.75) is 25.4 Å². The number of carbonyl (C=O) groups is 1. The Morgan fingerprint density at radius 1 is 1.27 bits per heavy atom. The molecule has 2 rings (SSSR count). The van der Waals surface area contributed by atoms with Gasteiger partial charge in [-0.1, -0.05) is 32.0 Å². The molecular weight excluding hydrogens is 317 g/mol. The standard InChI is InChI=1S/C15H19F3N2O.ClH/c1-14(2,9-20-13(21)10-7-19-8-10)11-4-3-5-12(6-11)15(16,17)18;/h3-6,10,19H,7-9H2,1-2H3,(H,20,21);1H. The van der Waals surface area contributed by atoms with Gasteiger partial charge in [0, 0.05) is 25.0 Å². The summed E-state index contributed by atoms with van der Waals surface area (Å²) < 4.78 is 38.3. The van der Waals surface area contributed by atoms with E-state index in [0.717, 1.165) is 12.1 Å². The highest BCUT2D eigenvalue weighted by atomic mass is 35.5. The number of halogens is 4. The number of nitrogens with one attached hydrogen (secondary N) is 2. The van der Waals surface area contributed by atoms with Crippen molar-refractivity contribution in [3.63, 3.8) is 0 Å². The quantitative estimate of drug-likeness (QED) is 0.887. The zero-order chi connectivity index (χ0) is 15.7. The monoisotopic (exact) mass is 336 g/mol. The Bertz CT molecular complexity index is 528. The maximum atomic E-state index is 12.8. The lowest BCUT2D eigenvalue weighted by Crippen LogP contribution is -2.52. The maximum Gasteiger partial charge on any atom is 0.416 e. The maximum absolute atomic E-state index is 12.8. The molecule has 2 N–H and O–H groups in total. The molecule has 0 bridgehead atoms. The SMILES string of the molecule is CC(C)(CNC(=O)C1CNC1)c1cccc(C(F)(F)F)c1.Cl. The van der Waals surface area contributed by atoms with Gasteiger partial charge in [0.25, 0.3) is 0 Å². The highest BCUT2D eigenvalue weighted by Crippen LogP contribution is 2.32. The van der Waals surface area contributed by atoms with Crippen molar-refractivity contribution in [3.05, 3.63) is 35.4 Å². The summed E-state index contributed by atoms with van der Waals surface area (Å²) in [5.74, 6) is -0.0730. The second kappa shape index (κ2) is 6.87. The van der Waals surface area contributed by atoms with E-state index in [1.807, 2.05) is 13.8 Å². The zero-order valence-electron chi connectivity index (χ0n) is 12.5. The molecule has 1 amide bonds. The van der Waals surface area contributed by atoms with Gasteiger partial charge in [0.2, 0.25) is 5.91 Å². The zero-order valence-corrected chi connectivity index (χ0v) is 13.3. The number of amides is 1. The number of hydrogen-bond acceptors (Lipinski definition) is 2. The molecule has 0 radical (unpaired) electrons. The molecule has 3 nitrogen and oxygen atoms in total. The van der Waals surface area contributed by atoms with Crippen molar-refractivity contribution in [1.82, 2.24) is 10.6 Å². The number of alkyl halides is 3. The summed E-state index contributed by atoms with van der Waals surface area (Å²) >= 11 is 0. The first-order valence-electron chi connectivity index (χ1n) is 6.86. The summed E-state index contributed by atoms with van der Waals surface area (Å²) in [6, 6.07) is 5.26. The first-order chi connectivity index (χ1) is 9.70. The van der Waals surface area contributed by atoms with Gasteiger partial charge >= 0.3 is 6.18 Å². The number of carbonyl (C=O) groups excluding carboxylic acids is 1. The van der Waals surface area contributed by atoms with Crippen LogP contribution in [0.5, 0.6) is 0 Å². The predicted octanol–water partition coefficient (Wildman–Crippen LogP) is 2.74. The van der Waals surface area contributed by atoms with Gasteiger partial charge in [0.1, 0.15) is 0 Å². The van der Waals surface area contributed by atoms with Gasteiger partial charge in [-0.25, -0.2) is 0 Å². The van der Waals surface area contributed by atoms with Gasteiger partial charge in [-0.15, -0.1) is 12.4 Å². The Morgan fingerprint density at radius 2 is 1.86 bits per heavy atom. The fourth-order valence-electron chi connectivity index (χ4n) is 2.15. The van der Waals surface area contributed by atoms with Crippen LogP contribution in [0, 0.1) is 5.92 Å². The minimum absolute atomic E-state index is 0. The van der Waals surface area contributed by atoms with E-state index in [1.54, 1.807) is 6.07 Å². The number of hydrogen-bond donors (Lipinski definition) is 2. The highest BCUT2D eigenvalue weighted by molar-refractivity contribution is 5.85. The Hall–Kier alpha value is -1.27. The van der Waals surface area contributed by atoms with Crippen molar-refractivity contribution in [2.75, 3.05) is 19.6 Å². The molecule has 0 unspecified atom stereocenters. The van der Waals surface area contributed by atoms with Crippen molar-refractivity contribution in [1.29, 1.82) is 0 Å². The van der Waals surface area contributed by atoms with Crippen LogP contribution in [-0.2, 0) is 16.4 Å². The summed E-state index contributed by atoms with van der Waals surface area (Å²) in [6.45, 7) is 5.28. The smallest absolute Gasteiger partial charge is 0.355 e. The lowest BCUT2D eigenvalue weighted by molar-refractivity contribution is -0.137. The first kappa shape index (κ1) is 18.8. The van der Waals surface area contributed by atoms with Gasteiger partial charge in [0.05, 0.1) is 11.5 Å².